The maximum atomic E-state index is 13.5. The molecule has 7 heteroatoms. The van der Waals surface area contributed by atoms with Crippen LogP contribution in [0.3, 0.4) is 0 Å². The van der Waals surface area contributed by atoms with Gasteiger partial charge in [-0.05, 0) is 18.2 Å². The molecule has 0 aliphatic rings. The van der Waals surface area contributed by atoms with Crippen molar-refractivity contribution in [2.45, 2.75) is 6.10 Å². The molecule has 1 atom stereocenters. The molecule has 2 rings (SSSR count). The predicted octanol–water partition coefficient (Wildman–Crippen LogP) is 5.07. The first kappa shape index (κ1) is 16.3. The molecular weight excluding hydrogens is 343 g/mol. The zero-order chi connectivity index (χ0) is 15.6. The smallest absolute Gasteiger partial charge is 0.131 e. The first-order valence-electron chi connectivity index (χ1n) is 5.90. The van der Waals surface area contributed by atoms with Crippen LogP contribution >= 0.6 is 34.8 Å². The Kier molecular flexibility index (Phi) is 5.27. The first-order chi connectivity index (χ1) is 9.88. The van der Waals surface area contributed by atoms with E-state index in [-0.39, 0.29) is 22.2 Å². The van der Waals surface area contributed by atoms with Crippen molar-refractivity contribution >= 4 is 40.5 Å². The number of anilines is 1. The monoisotopic (exact) mass is 351 g/mol. The summed E-state index contributed by atoms with van der Waals surface area (Å²) < 4.78 is 26.4. The molecule has 0 aliphatic carbocycles. The van der Waals surface area contributed by atoms with Crippen LogP contribution in [0.15, 0.2) is 30.3 Å². The Morgan fingerprint density at radius 2 is 1.67 bits per heavy atom. The fourth-order valence-electron chi connectivity index (χ4n) is 1.79. The molecule has 1 unspecified atom stereocenters. The van der Waals surface area contributed by atoms with Crippen molar-refractivity contribution < 1.29 is 13.9 Å². The van der Waals surface area contributed by atoms with E-state index in [1.807, 2.05) is 0 Å². The summed E-state index contributed by atoms with van der Waals surface area (Å²) in [7, 11) is 0. The molecule has 0 heterocycles. The second-order valence-corrected chi connectivity index (χ2v) is 5.56. The molecule has 0 fully saturated rings. The molecule has 0 aliphatic heterocycles. The molecule has 21 heavy (non-hydrogen) atoms. The van der Waals surface area contributed by atoms with E-state index in [2.05, 4.69) is 5.32 Å². The third-order valence-electron chi connectivity index (χ3n) is 2.80. The van der Waals surface area contributed by atoms with Crippen molar-refractivity contribution in [1.29, 1.82) is 0 Å². The van der Waals surface area contributed by atoms with Gasteiger partial charge in [-0.2, -0.15) is 0 Å². The van der Waals surface area contributed by atoms with Gasteiger partial charge in [0.25, 0.3) is 0 Å². The van der Waals surface area contributed by atoms with Crippen molar-refractivity contribution in [3.63, 3.8) is 0 Å². The molecule has 2 aromatic carbocycles. The minimum Gasteiger partial charge on any atom is -0.386 e. The molecule has 0 amide bonds. The zero-order valence-corrected chi connectivity index (χ0v) is 12.8. The Morgan fingerprint density at radius 3 is 2.24 bits per heavy atom. The number of rotatable bonds is 4. The summed E-state index contributed by atoms with van der Waals surface area (Å²) in [5.74, 6) is -1.53. The second kappa shape index (κ2) is 6.79. The van der Waals surface area contributed by atoms with E-state index < -0.39 is 17.7 Å². The van der Waals surface area contributed by atoms with Crippen LogP contribution in [-0.2, 0) is 0 Å². The minimum atomic E-state index is -1.19. The third-order valence-corrected chi connectivity index (χ3v) is 3.61. The van der Waals surface area contributed by atoms with Crippen LogP contribution in [0.5, 0.6) is 0 Å². The van der Waals surface area contributed by atoms with E-state index >= 15 is 0 Å². The van der Waals surface area contributed by atoms with Crippen LogP contribution in [0, 0.1) is 11.6 Å². The summed E-state index contributed by atoms with van der Waals surface area (Å²) >= 11 is 17.7. The third kappa shape index (κ3) is 3.98. The highest BCUT2D eigenvalue weighted by molar-refractivity contribution is 6.41. The van der Waals surface area contributed by atoms with E-state index in [1.165, 1.54) is 18.2 Å². The quantitative estimate of drug-likeness (QED) is 0.805. The molecule has 0 aromatic heterocycles. The van der Waals surface area contributed by atoms with Crippen LogP contribution in [0.4, 0.5) is 14.5 Å². The van der Waals surface area contributed by atoms with Gasteiger partial charge in [-0.15, -0.1) is 0 Å². The van der Waals surface area contributed by atoms with Gasteiger partial charge in [0.15, 0.2) is 0 Å². The standard InChI is InChI=1S/C14H10Cl3F2NO/c15-7-3-10(16)14(11(17)4-7)20-6-13(21)9-2-1-8(18)5-12(9)19/h1-5,13,20-21H,6H2. The van der Waals surface area contributed by atoms with Crippen molar-refractivity contribution in [2.24, 2.45) is 0 Å². The lowest BCUT2D eigenvalue weighted by Crippen LogP contribution is -2.14. The molecule has 0 saturated heterocycles. The van der Waals surface area contributed by atoms with Gasteiger partial charge in [0.2, 0.25) is 0 Å². The minimum absolute atomic E-state index is 0.0230. The molecule has 2 nitrogen and oxygen atoms in total. The maximum Gasteiger partial charge on any atom is 0.131 e. The van der Waals surface area contributed by atoms with Crippen molar-refractivity contribution in [3.05, 3.63) is 62.6 Å². The van der Waals surface area contributed by atoms with Gasteiger partial charge in [-0.3, -0.25) is 0 Å². The number of benzene rings is 2. The Balaban J connectivity index is 2.13. The van der Waals surface area contributed by atoms with Gasteiger partial charge in [0.1, 0.15) is 11.6 Å². The van der Waals surface area contributed by atoms with Crippen LogP contribution in [0.1, 0.15) is 11.7 Å². The summed E-state index contributed by atoms with van der Waals surface area (Å²) in [4.78, 5) is 0. The number of hydrogen-bond acceptors (Lipinski definition) is 2. The summed E-state index contributed by atoms with van der Waals surface area (Å²) in [5, 5.41) is 13.7. The summed E-state index contributed by atoms with van der Waals surface area (Å²) in [6.45, 7) is -0.0520. The molecule has 0 radical (unpaired) electrons. The van der Waals surface area contributed by atoms with E-state index in [1.54, 1.807) is 0 Å². The summed E-state index contributed by atoms with van der Waals surface area (Å²) in [6.07, 6.45) is -1.19. The highest BCUT2D eigenvalue weighted by Crippen LogP contribution is 2.34. The number of hydrogen-bond donors (Lipinski definition) is 2. The van der Waals surface area contributed by atoms with Gasteiger partial charge in [-0.25, -0.2) is 8.78 Å². The van der Waals surface area contributed by atoms with Gasteiger partial charge in [0, 0.05) is 23.2 Å². The Bertz CT molecular complexity index is 644. The van der Waals surface area contributed by atoms with Gasteiger partial charge in [0.05, 0.1) is 21.8 Å². The Labute approximate surface area is 135 Å². The van der Waals surface area contributed by atoms with Crippen LogP contribution in [0.2, 0.25) is 15.1 Å². The molecular formula is C14H10Cl3F2NO. The number of nitrogens with one attached hydrogen (secondary N) is 1. The lowest BCUT2D eigenvalue weighted by atomic mass is 10.1. The van der Waals surface area contributed by atoms with Gasteiger partial charge in [-0.1, -0.05) is 40.9 Å². The van der Waals surface area contributed by atoms with Crippen LogP contribution in [-0.4, -0.2) is 11.7 Å². The normalized spacial score (nSPS) is 12.3. The van der Waals surface area contributed by atoms with E-state index in [4.69, 9.17) is 34.8 Å². The van der Waals surface area contributed by atoms with E-state index in [0.29, 0.717) is 16.8 Å². The van der Waals surface area contributed by atoms with E-state index in [0.717, 1.165) is 6.07 Å². The van der Waals surface area contributed by atoms with Crippen LogP contribution < -0.4 is 5.32 Å². The Morgan fingerprint density at radius 1 is 1.05 bits per heavy atom. The Hall–Kier alpha value is -1.07. The van der Waals surface area contributed by atoms with Crippen molar-refractivity contribution in [2.75, 3.05) is 11.9 Å². The highest BCUT2D eigenvalue weighted by Gasteiger charge is 2.15. The largest absolute Gasteiger partial charge is 0.386 e. The molecule has 0 spiro atoms. The predicted molar refractivity (Wildman–Crippen MR) is 81.3 cm³/mol. The van der Waals surface area contributed by atoms with Crippen LogP contribution in [0.25, 0.3) is 0 Å². The summed E-state index contributed by atoms with van der Waals surface area (Å²) in [5.41, 5.74) is 0.356. The molecule has 2 aromatic rings. The molecule has 2 N–H and O–H groups in total. The first-order valence-corrected chi connectivity index (χ1v) is 7.03. The molecule has 112 valence electrons. The maximum absolute atomic E-state index is 13.5. The fourth-order valence-corrected chi connectivity index (χ4v) is 2.74. The van der Waals surface area contributed by atoms with E-state index in [9.17, 15) is 13.9 Å². The van der Waals surface area contributed by atoms with Crippen molar-refractivity contribution in [3.8, 4) is 0 Å². The van der Waals surface area contributed by atoms with Gasteiger partial charge < -0.3 is 10.4 Å². The average Bonchev–Trinajstić information content (AvgIpc) is 2.36. The topological polar surface area (TPSA) is 32.3 Å². The SMILES string of the molecule is OC(CNc1c(Cl)cc(Cl)cc1Cl)c1ccc(F)cc1F. The molecule has 0 saturated carbocycles. The number of aliphatic hydroxyl groups is 1. The summed E-state index contributed by atoms with van der Waals surface area (Å²) in [6, 6.07) is 5.94. The van der Waals surface area contributed by atoms with Crippen molar-refractivity contribution in [1.82, 2.24) is 0 Å². The molecule has 0 bridgehead atoms. The fraction of sp³-hybridized carbons (Fsp3) is 0.143. The zero-order valence-electron chi connectivity index (χ0n) is 10.5. The second-order valence-electron chi connectivity index (χ2n) is 4.31. The lowest BCUT2D eigenvalue weighted by molar-refractivity contribution is 0.186. The lowest BCUT2D eigenvalue weighted by Gasteiger charge is -2.16. The average molecular weight is 353 g/mol. The number of aliphatic hydroxyl groups excluding tert-OH is 1. The number of halogens is 5. The highest BCUT2D eigenvalue weighted by atomic mass is 35.5. The van der Waals surface area contributed by atoms with Gasteiger partial charge >= 0.3 is 0 Å².